The van der Waals surface area contributed by atoms with Gasteiger partial charge in [0.05, 0.1) is 10.0 Å². The number of para-hydroxylation sites is 1. The molecule has 0 unspecified atom stereocenters. The standard InChI is InChI=1S/C29H23BrCl2N2O2S/c30-23-14-18(10-13-25(23)36-17-19-11-12-20(31)15-24(19)32)16-33-29-27(22-8-4-5-9-26(22)37-29)28(35)34-21-6-2-1-3-7-21/h1-3,6-7,10-16H,4-5,8-9,17H2,(H,34,35). The molecular weight excluding hydrogens is 591 g/mol. The summed E-state index contributed by atoms with van der Waals surface area (Å²) in [5, 5.41) is 4.94. The van der Waals surface area contributed by atoms with Crippen LogP contribution in [-0.2, 0) is 19.4 Å². The lowest BCUT2D eigenvalue weighted by Gasteiger charge is -2.12. The number of thiophene rings is 1. The fraction of sp³-hybridized carbons (Fsp3) is 0.172. The molecule has 8 heteroatoms. The van der Waals surface area contributed by atoms with E-state index in [-0.39, 0.29) is 5.91 Å². The molecule has 0 aliphatic heterocycles. The number of hydrogen-bond acceptors (Lipinski definition) is 4. The first-order valence-electron chi connectivity index (χ1n) is 11.9. The summed E-state index contributed by atoms with van der Waals surface area (Å²) in [6.07, 6.45) is 5.94. The van der Waals surface area contributed by atoms with Crippen molar-refractivity contribution < 1.29 is 9.53 Å². The van der Waals surface area contributed by atoms with Crippen molar-refractivity contribution in [1.29, 1.82) is 0 Å². The van der Waals surface area contributed by atoms with E-state index in [4.69, 9.17) is 32.9 Å². The van der Waals surface area contributed by atoms with Crippen LogP contribution in [0.5, 0.6) is 5.75 Å². The fourth-order valence-electron chi connectivity index (χ4n) is 4.23. The fourth-order valence-corrected chi connectivity index (χ4v) is 6.44. The topological polar surface area (TPSA) is 50.7 Å². The van der Waals surface area contributed by atoms with Gasteiger partial charge >= 0.3 is 0 Å². The van der Waals surface area contributed by atoms with E-state index in [2.05, 4.69) is 21.2 Å². The first kappa shape index (κ1) is 26.0. The Kier molecular flexibility index (Phi) is 8.30. The molecule has 4 nitrogen and oxygen atoms in total. The molecule has 188 valence electrons. The van der Waals surface area contributed by atoms with Crippen molar-refractivity contribution >= 4 is 73.3 Å². The summed E-state index contributed by atoms with van der Waals surface area (Å²) in [4.78, 5) is 19.3. The summed E-state index contributed by atoms with van der Waals surface area (Å²) in [6, 6.07) is 20.6. The zero-order valence-corrected chi connectivity index (χ0v) is 23.7. The highest BCUT2D eigenvalue weighted by molar-refractivity contribution is 9.10. The SMILES string of the molecule is O=C(Nc1ccccc1)c1c(N=Cc2ccc(OCc3ccc(Cl)cc3Cl)c(Br)c2)sc2c1CCCC2. The summed E-state index contributed by atoms with van der Waals surface area (Å²) < 4.78 is 6.75. The average molecular weight is 614 g/mol. The van der Waals surface area contributed by atoms with Gasteiger partial charge in [0.2, 0.25) is 0 Å². The Balaban J connectivity index is 1.35. The number of fused-ring (bicyclic) bond motifs is 1. The smallest absolute Gasteiger partial charge is 0.259 e. The normalized spacial score (nSPS) is 12.9. The van der Waals surface area contributed by atoms with Gasteiger partial charge < -0.3 is 10.1 Å². The van der Waals surface area contributed by atoms with Crippen molar-refractivity contribution in [3.05, 3.63) is 108 Å². The highest BCUT2D eigenvalue weighted by Gasteiger charge is 2.25. The summed E-state index contributed by atoms with van der Waals surface area (Å²) in [7, 11) is 0. The van der Waals surface area contributed by atoms with Crippen LogP contribution in [0.3, 0.4) is 0 Å². The Morgan fingerprint density at radius 1 is 1.05 bits per heavy atom. The minimum atomic E-state index is -0.108. The predicted molar refractivity (Wildman–Crippen MR) is 158 cm³/mol. The van der Waals surface area contributed by atoms with E-state index in [0.29, 0.717) is 28.0 Å². The van der Waals surface area contributed by atoms with Crippen molar-refractivity contribution in [2.45, 2.75) is 32.3 Å². The van der Waals surface area contributed by atoms with E-state index in [1.54, 1.807) is 29.7 Å². The lowest BCUT2D eigenvalue weighted by molar-refractivity contribution is 0.102. The number of aliphatic imine (C=N–C) groups is 1. The van der Waals surface area contributed by atoms with Crippen LogP contribution in [0.2, 0.25) is 10.0 Å². The second-order valence-electron chi connectivity index (χ2n) is 8.68. The van der Waals surface area contributed by atoms with Crippen LogP contribution in [-0.4, -0.2) is 12.1 Å². The zero-order chi connectivity index (χ0) is 25.8. The van der Waals surface area contributed by atoms with Crippen LogP contribution >= 0.6 is 50.5 Å². The minimum absolute atomic E-state index is 0.108. The molecule has 0 spiro atoms. The lowest BCUT2D eigenvalue weighted by atomic mass is 9.95. The van der Waals surface area contributed by atoms with E-state index in [1.807, 2.05) is 54.6 Å². The van der Waals surface area contributed by atoms with Crippen molar-refractivity contribution in [1.82, 2.24) is 0 Å². The number of carbonyl (C=O) groups is 1. The third-order valence-corrected chi connectivity index (χ3v) is 8.50. The second-order valence-corrected chi connectivity index (χ2v) is 11.5. The minimum Gasteiger partial charge on any atom is -0.488 e. The number of nitrogens with one attached hydrogen (secondary N) is 1. The van der Waals surface area contributed by atoms with Gasteiger partial charge in [-0.2, -0.15) is 0 Å². The highest BCUT2D eigenvalue weighted by atomic mass is 79.9. The average Bonchev–Trinajstić information content (AvgIpc) is 3.27. The van der Waals surface area contributed by atoms with Crippen LogP contribution in [0.25, 0.3) is 0 Å². The molecule has 1 aliphatic carbocycles. The maximum Gasteiger partial charge on any atom is 0.259 e. The first-order chi connectivity index (χ1) is 18.0. The Hall–Kier alpha value is -2.64. The molecule has 1 aliphatic rings. The molecule has 0 radical (unpaired) electrons. The Labute approximate surface area is 238 Å². The Bertz CT molecular complexity index is 1470. The maximum absolute atomic E-state index is 13.3. The molecule has 5 rings (SSSR count). The van der Waals surface area contributed by atoms with Gasteiger partial charge in [0.1, 0.15) is 17.4 Å². The molecule has 0 bridgehead atoms. The van der Waals surface area contributed by atoms with E-state index < -0.39 is 0 Å². The van der Waals surface area contributed by atoms with Gasteiger partial charge in [-0.3, -0.25) is 4.79 Å². The number of carbonyl (C=O) groups excluding carboxylic acids is 1. The van der Waals surface area contributed by atoms with Gasteiger partial charge in [0.15, 0.2) is 0 Å². The van der Waals surface area contributed by atoms with Crippen LogP contribution in [0.1, 0.15) is 44.8 Å². The number of aryl methyl sites for hydroxylation is 1. The van der Waals surface area contributed by atoms with Gasteiger partial charge in [0, 0.05) is 32.4 Å². The third-order valence-electron chi connectivity index (χ3n) is 6.10. The summed E-state index contributed by atoms with van der Waals surface area (Å²) in [6.45, 7) is 0.322. The molecule has 1 aromatic heterocycles. The molecule has 37 heavy (non-hydrogen) atoms. The molecular formula is C29H23BrCl2N2O2S. The molecule has 0 atom stereocenters. The lowest BCUT2D eigenvalue weighted by Crippen LogP contribution is -2.14. The number of rotatable bonds is 7. The Morgan fingerprint density at radius 2 is 1.86 bits per heavy atom. The molecule has 0 saturated heterocycles. The molecule has 0 saturated carbocycles. The van der Waals surface area contributed by atoms with Gasteiger partial charge in [-0.25, -0.2) is 4.99 Å². The van der Waals surface area contributed by atoms with Crippen molar-refractivity contribution in [2.24, 2.45) is 4.99 Å². The zero-order valence-electron chi connectivity index (χ0n) is 19.8. The second kappa shape index (κ2) is 11.8. The van der Waals surface area contributed by atoms with Gasteiger partial charge in [-0.1, -0.05) is 47.5 Å². The monoisotopic (exact) mass is 612 g/mol. The van der Waals surface area contributed by atoms with Crippen LogP contribution < -0.4 is 10.1 Å². The van der Waals surface area contributed by atoms with Gasteiger partial charge in [0.25, 0.3) is 5.91 Å². The third kappa shape index (κ3) is 6.27. The highest BCUT2D eigenvalue weighted by Crippen LogP contribution is 2.40. The molecule has 1 heterocycles. The van der Waals surface area contributed by atoms with Gasteiger partial charge in [-0.05, 0) is 95.2 Å². The van der Waals surface area contributed by atoms with E-state index in [0.717, 1.165) is 57.5 Å². The van der Waals surface area contributed by atoms with E-state index >= 15 is 0 Å². The van der Waals surface area contributed by atoms with Crippen LogP contribution in [0.15, 0.2) is 76.2 Å². The first-order valence-corrected chi connectivity index (χ1v) is 14.3. The predicted octanol–water partition coefficient (Wildman–Crippen LogP) is 9.28. The molecule has 1 amide bonds. The number of hydrogen-bond donors (Lipinski definition) is 1. The maximum atomic E-state index is 13.3. The molecule has 4 aromatic rings. The quantitative estimate of drug-likeness (QED) is 0.211. The summed E-state index contributed by atoms with van der Waals surface area (Å²) >= 11 is 17.4. The number of anilines is 1. The number of amides is 1. The van der Waals surface area contributed by atoms with Crippen molar-refractivity contribution in [3.8, 4) is 5.75 Å². The molecule has 1 N–H and O–H groups in total. The van der Waals surface area contributed by atoms with E-state index in [9.17, 15) is 4.79 Å². The Morgan fingerprint density at radius 3 is 2.65 bits per heavy atom. The summed E-state index contributed by atoms with van der Waals surface area (Å²) in [5.41, 5.74) is 4.36. The van der Waals surface area contributed by atoms with E-state index in [1.165, 1.54) is 4.88 Å². The molecule has 0 fully saturated rings. The van der Waals surface area contributed by atoms with Crippen molar-refractivity contribution in [3.63, 3.8) is 0 Å². The van der Waals surface area contributed by atoms with Crippen molar-refractivity contribution in [2.75, 3.05) is 5.32 Å². The van der Waals surface area contributed by atoms with Crippen LogP contribution in [0.4, 0.5) is 10.7 Å². The molecule has 3 aromatic carbocycles. The largest absolute Gasteiger partial charge is 0.488 e. The van der Waals surface area contributed by atoms with Crippen LogP contribution in [0, 0.1) is 0 Å². The number of ether oxygens (including phenoxy) is 1. The number of halogens is 3. The summed E-state index contributed by atoms with van der Waals surface area (Å²) in [5.74, 6) is 0.584. The number of benzene rings is 3. The van der Waals surface area contributed by atoms with Gasteiger partial charge in [-0.15, -0.1) is 11.3 Å². The number of nitrogens with zero attached hydrogens (tertiary/aromatic N) is 1.